The molecule has 4 N–H and O–H groups in total. The lowest BCUT2D eigenvalue weighted by Gasteiger charge is -2.14. The summed E-state index contributed by atoms with van der Waals surface area (Å²) in [6.45, 7) is 0.461. The molecule has 1 aromatic heterocycles. The van der Waals surface area contributed by atoms with Crippen molar-refractivity contribution < 1.29 is 8.42 Å². The van der Waals surface area contributed by atoms with Gasteiger partial charge in [0.15, 0.2) is 4.90 Å². The monoisotopic (exact) mass is 260 g/mol. The molecule has 1 fully saturated rings. The largest absolute Gasteiger partial charge is 0.326 e. The van der Waals surface area contributed by atoms with Crippen molar-refractivity contribution in [3.05, 3.63) is 27.0 Å². The molecule has 1 aliphatic rings. The molecule has 0 saturated carbocycles. The van der Waals surface area contributed by atoms with Gasteiger partial charge in [0.05, 0.1) is 0 Å². The Morgan fingerprint density at radius 1 is 1.41 bits per heavy atom. The summed E-state index contributed by atoms with van der Waals surface area (Å²) in [5, 5.41) is 0. The van der Waals surface area contributed by atoms with Gasteiger partial charge in [-0.2, -0.15) is 4.31 Å². The topological polar surface area (TPSA) is 129 Å². The highest BCUT2D eigenvalue weighted by Crippen LogP contribution is 2.16. The number of sulfonamides is 1. The highest BCUT2D eigenvalue weighted by molar-refractivity contribution is 7.89. The maximum Gasteiger partial charge on any atom is 0.325 e. The Morgan fingerprint density at radius 2 is 2.12 bits per heavy atom. The average Bonchev–Trinajstić information content (AvgIpc) is 2.64. The Bertz CT molecular complexity index is 631. The first-order valence-electron chi connectivity index (χ1n) is 4.99. The van der Waals surface area contributed by atoms with Gasteiger partial charge in [-0.15, -0.1) is 0 Å². The van der Waals surface area contributed by atoms with Gasteiger partial charge in [-0.25, -0.2) is 13.2 Å². The maximum absolute atomic E-state index is 12.0. The normalized spacial score (nSPS) is 21.8. The summed E-state index contributed by atoms with van der Waals surface area (Å²) in [7, 11) is -3.88. The van der Waals surface area contributed by atoms with Crippen molar-refractivity contribution in [1.29, 1.82) is 0 Å². The summed E-state index contributed by atoms with van der Waals surface area (Å²) in [4.78, 5) is 25.8. The lowest BCUT2D eigenvalue weighted by atomic mass is 10.3. The number of aromatic amines is 2. The molecule has 1 aliphatic heterocycles. The molecule has 0 aliphatic carbocycles. The first kappa shape index (κ1) is 12.0. The van der Waals surface area contributed by atoms with Gasteiger partial charge in [0.25, 0.3) is 5.56 Å². The van der Waals surface area contributed by atoms with Crippen LogP contribution in [0.2, 0.25) is 0 Å². The van der Waals surface area contributed by atoms with Crippen LogP contribution in [-0.2, 0) is 10.0 Å². The minimum Gasteiger partial charge on any atom is -0.326 e. The van der Waals surface area contributed by atoms with Crippen LogP contribution in [0.5, 0.6) is 0 Å². The molecule has 1 atom stereocenters. The van der Waals surface area contributed by atoms with Crippen molar-refractivity contribution in [3.8, 4) is 0 Å². The van der Waals surface area contributed by atoms with Gasteiger partial charge in [-0.05, 0) is 6.42 Å². The van der Waals surface area contributed by atoms with E-state index < -0.39 is 26.2 Å². The molecule has 0 spiro atoms. The van der Waals surface area contributed by atoms with Gasteiger partial charge in [0.1, 0.15) is 0 Å². The van der Waals surface area contributed by atoms with Crippen LogP contribution in [0.15, 0.2) is 20.7 Å². The van der Waals surface area contributed by atoms with Crippen LogP contribution in [0.4, 0.5) is 0 Å². The molecule has 8 nitrogen and oxygen atoms in total. The van der Waals surface area contributed by atoms with Crippen LogP contribution in [0, 0.1) is 0 Å². The first-order valence-corrected chi connectivity index (χ1v) is 6.43. The highest BCUT2D eigenvalue weighted by Gasteiger charge is 2.32. The van der Waals surface area contributed by atoms with Crippen molar-refractivity contribution in [3.63, 3.8) is 0 Å². The van der Waals surface area contributed by atoms with Crippen LogP contribution in [0.25, 0.3) is 0 Å². The second-order valence-corrected chi connectivity index (χ2v) is 5.75. The van der Waals surface area contributed by atoms with E-state index in [0.29, 0.717) is 6.42 Å². The zero-order valence-electron chi connectivity index (χ0n) is 8.84. The van der Waals surface area contributed by atoms with E-state index in [9.17, 15) is 18.0 Å². The van der Waals surface area contributed by atoms with E-state index in [1.807, 2.05) is 4.98 Å². The van der Waals surface area contributed by atoms with Crippen molar-refractivity contribution in [2.75, 3.05) is 13.1 Å². The standard InChI is InChI=1S/C8H12N4O4S/c9-5-1-2-12(4-5)17(15,16)6-3-10-8(14)11-7(6)13/h3,5H,1-2,4,9H2,(H2,10,11,13,14)/t5-/m0/s1. The Kier molecular flexibility index (Phi) is 2.89. The van der Waals surface area contributed by atoms with E-state index in [-0.39, 0.29) is 19.1 Å². The van der Waals surface area contributed by atoms with Crippen LogP contribution in [0.3, 0.4) is 0 Å². The quantitative estimate of drug-likeness (QED) is 0.555. The molecule has 2 heterocycles. The summed E-state index contributed by atoms with van der Waals surface area (Å²) in [6.07, 6.45) is 1.46. The molecule has 94 valence electrons. The molecule has 9 heteroatoms. The number of hydrogen-bond donors (Lipinski definition) is 3. The molecular formula is C8H12N4O4S. The second-order valence-electron chi connectivity index (χ2n) is 3.85. The van der Waals surface area contributed by atoms with Crippen molar-refractivity contribution in [1.82, 2.24) is 14.3 Å². The SMILES string of the molecule is N[C@H]1CCN(S(=O)(=O)c2c[nH]c(=O)[nH]c2=O)C1. The minimum absolute atomic E-state index is 0.181. The number of aromatic nitrogens is 2. The number of nitrogens with one attached hydrogen (secondary N) is 2. The molecule has 2 rings (SSSR count). The Hall–Kier alpha value is -1.45. The van der Waals surface area contributed by atoms with Gasteiger partial charge in [0.2, 0.25) is 10.0 Å². The van der Waals surface area contributed by atoms with E-state index in [2.05, 4.69) is 4.98 Å². The molecule has 1 saturated heterocycles. The first-order chi connectivity index (χ1) is 7.91. The molecule has 0 bridgehead atoms. The third-order valence-corrected chi connectivity index (χ3v) is 4.46. The molecule has 17 heavy (non-hydrogen) atoms. The molecule has 0 radical (unpaired) electrons. The van der Waals surface area contributed by atoms with Crippen molar-refractivity contribution in [2.45, 2.75) is 17.4 Å². The number of rotatable bonds is 2. The van der Waals surface area contributed by atoms with Gasteiger partial charge >= 0.3 is 5.69 Å². The summed E-state index contributed by atoms with van der Waals surface area (Å²) in [5.74, 6) is 0. The van der Waals surface area contributed by atoms with E-state index in [1.54, 1.807) is 0 Å². The number of nitrogens with zero attached hydrogens (tertiary/aromatic N) is 1. The molecule has 0 amide bonds. The van der Waals surface area contributed by atoms with Crippen LogP contribution in [-0.4, -0.2) is 41.8 Å². The lowest BCUT2D eigenvalue weighted by Crippen LogP contribution is -2.36. The summed E-state index contributed by atoms with van der Waals surface area (Å²) >= 11 is 0. The molecule has 0 aromatic carbocycles. The maximum atomic E-state index is 12.0. The third-order valence-electron chi connectivity index (χ3n) is 2.59. The van der Waals surface area contributed by atoms with Crippen LogP contribution < -0.4 is 17.0 Å². The molecule has 0 unspecified atom stereocenters. The van der Waals surface area contributed by atoms with E-state index in [0.717, 1.165) is 10.5 Å². The fraction of sp³-hybridized carbons (Fsp3) is 0.500. The smallest absolute Gasteiger partial charge is 0.325 e. The summed E-state index contributed by atoms with van der Waals surface area (Å²) in [5.41, 5.74) is 3.95. The number of hydrogen-bond acceptors (Lipinski definition) is 5. The van der Waals surface area contributed by atoms with E-state index in [1.165, 1.54) is 0 Å². The number of H-pyrrole nitrogens is 2. The van der Waals surface area contributed by atoms with Crippen molar-refractivity contribution >= 4 is 10.0 Å². The Balaban J connectivity index is 2.45. The summed E-state index contributed by atoms with van der Waals surface area (Å²) in [6, 6.07) is -0.216. The van der Waals surface area contributed by atoms with E-state index in [4.69, 9.17) is 5.73 Å². The molecule has 1 aromatic rings. The fourth-order valence-electron chi connectivity index (χ4n) is 1.70. The fourth-order valence-corrected chi connectivity index (χ4v) is 3.21. The van der Waals surface area contributed by atoms with Gasteiger partial charge < -0.3 is 10.7 Å². The zero-order valence-corrected chi connectivity index (χ0v) is 9.66. The Morgan fingerprint density at radius 3 is 2.65 bits per heavy atom. The van der Waals surface area contributed by atoms with Crippen LogP contribution >= 0.6 is 0 Å². The van der Waals surface area contributed by atoms with Gasteiger partial charge in [-0.1, -0.05) is 0 Å². The summed E-state index contributed by atoms with van der Waals surface area (Å²) < 4.78 is 25.2. The average molecular weight is 260 g/mol. The minimum atomic E-state index is -3.88. The predicted octanol–water partition coefficient (Wildman–Crippen LogP) is -2.22. The van der Waals surface area contributed by atoms with Crippen molar-refractivity contribution in [2.24, 2.45) is 5.73 Å². The zero-order chi connectivity index (χ0) is 12.6. The predicted molar refractivity (Wildman–Crippen MR) is 59.0 cm³/mol. The second kappa shape index (κ2) is 4.09. The van der Waals surface area contributed by atoms with E-state index >= 15 is 0 Å². The number of nitrogens with two attached hydrogens (primary N) is 1. The lowest BCUT2D eigenvalue weighted by molar-refractivity contribution is 0.471. The third kappa shape index (κ3) is 2.16. The highest BCUT2D eigenvalue weighted by atomic mass is 32.2. The van der Waals surface area contributed by atoms with Gasteiger partial charge in [0, 0.05) is 25.3 Å². The Labute approximate surface area is 96.5 Å². The molecular weight excluding hydrogens is 248 g/mol. The van der Waals surface area contributed by atoms with Crippen LogP contribution in [0.1, 0.15) is 6.42 Å². The van der Waals surface area contributed by atoms with Gasteiger partial charge in [-0.3, -0.25) is 9.78 Å².